The quantitative estimate of drug-likeness (QED) is 0.288. The summed E-state index contributed by atoms with van der Waals surface area (Å²) >= 11 is 12.6. The van der Waals surface area contributed by atoms with Gasteiger partial charge in [0.15, 0.2) is 5.90 Å². The molecule has 0 amide bonds. The van der Waals surface area contributed by atoms with E-state index < -0.39 is 0 Å². The number of ether oxygens (including phenoxy) is 2. The minimum absolute atomic E-state index is 0.211. The van der Waals surface area contributed by atoms with Crippen LogP contribution in [0.3, 0.4) is 0 Å². The molecule has 1 saturated heterocycles. The molecule has 35 heavy (non-hydrogen) atoms. The van der Waals surface area contributed by atoms with E-state index in [4.69, 9.17) is 32.7 Å². The first kappa shape index (κ1) is 25.8. The first-order valence-corrected chi connectivity index (χ1v) is 13.2. The molecule has 6 nitrogen and oxygen atoms in total. The van der Waals surface area contributed by atoms with Gasteiger partial charge in [0.1, 0.15) is 5.75 Å². The van der Waals surface area contributed by atoms with E-state index >= 15 is 0 Å². The summed E-state index contributed by atoms with van der Waals surface area (Å²) in [6.07, 6.45) is 4.74. The lowest BCUT2D eigenvalue weighted by atomic mass is 10.0. The van der Waals surface area contributed by atoms with E-state index in [1.54, 1.807) is 0 Å². The fourth-order valence-electron chi connectivity index (χ4n) is 4.42. The average molecular weight is 518 g/mol. The molecule has 0 aromatic heterocycles. The minimum Gasteiger partial charge on any atom is -0.494 e. The van der Waals surface area contributed by atoms with Crippen LogP contribution in [-0.4, -0.2) is 56.1 Å². The Bertz CT molecular complexity index is 1050. The predicted octanol–water partition coefficient (Wildman–Crippen LogP) is 6.29. The summed E-state index contributed by atoms with van der Waals surface area (Å²) in [4.78, 5) is 21.1. The van der Waals surface area contributed by atoms with Gasteiger partial charge in [0.25, 0.3) is 0 Å². The van der Waals surface area contributed by atoms with Gasteiger partial charge in [-0.25, -0.2) is 4.99 Å². The number of benzene rings is 2. The maximum absolute atomic E-state index is 11.8. The topological polar surface area (TPSA) is 54.4 Å². The number of carbonyl (C=O) groups is 1. The molecule has 0 saturated carbocycles. The number of nitrogens with zero attached hydrogens (tertiary/aromatic N) is 3. The molecule has 2 heterocycles. The number of anilines is 1. The van der Waals surface area contributed by atoms with Crippen molar-refractivity contribution < 1.29 is 14.3 Å². The minimum atomic E-state index is -0.211. The van der Waals surface area contributed by atoms with E-state index in [9.17, 15) is 4.79 Å². The standard InChI is InChI=1S/C27H33Cl2N3O3/c1-2-6-26(33)35-25-12-10-20-9-11-21(19-23(20)30-25)34-18-4-3-13-31-14-16-32(17-15-31)24-8-5-7-22(28)27(24)29/h5,7-9,11,19H,2-4,6,10,12-18H2,1H3. The zero-order valence-electron chi connectivity index (χ0n) is 20.3. The van der Waals surface area contributed by atoms with Crippen LogP contribution in [0.1, 0.15) is 44.6 Å². The summed E-state index contributed by atoms with van der Waals surface area (Å²) in [5.41, 5.74) is 3.02. The van der Waals surface area contributed by atoms with E-state index in [1.807, 2.05) is 37.3 Å². The maximum atomic E-state index is 11.8. The van der Waals surface area contributed by atoms with Gasteiger partial charge in [-0.2, -0.15) is 0 Å². The SMILES string of the molecule is CCCC(=O)OC1=Nc2cc(OCCCCN3CCN(c4cccc(Cl)c4Cl)CC3)ccc2CC1. The number of aliphatic imine (C=N–C) groups is 1. The fourth-order valence-corrected chi connectivity index (χ4v) is 4.83. The van der Waals surface area contributed by atoms with Crippen LogP contribution in [0.25, 0.3) is 0 Å². The van der Waals surface area contributed by atoms with Crippen molar-refractivity contribution >= 4 is 46.4 Å². The summed E-state index contributed by atoms with van der Waals surface area (Å²) in [5.74, 6) is 1.10. The van der Waals surface area contributed by atoms with Crippen molar-refractivity contribution in [1.29, 1.82) is 0 Å². The van der Waals surface area contributed by atoms with Crippen LogP contribution in [-0.2, 0) is 16.0 Å². The highest BCUT2D eigenvalue weighted by atomic mass is 35.5. The molecule has 0 atom stereocenters. The molecule has 2 aliphatic rings. The molecular weight excluding hydrogens is 485 g/mol. The summed E-state index contributed by atoms with van der Waals surface area (Å²) < 4.78 is 11.4. The summed E-state index contributed by atoms with van der Waals surface area (Å²) in [6.45, 7) is 7.60. The second kappa shape index (κ2) is 12.6. The zero-order chi connectivity index (χ0) is 24.6. The highest BCUT2D eigenvalue weighted by Crippen LogP contribution is 2.33. The Morgan fingerprint density at radius 3 is 2.69 bits per heavy atom. The molecule has 0 N–H and O–H groups in total. The Labute approximate surface area is 217 Å². The molecule has 0 spiro atoms. The van der Waals surface area contributed by atoms with Crippen LogP contribution in [0.2, 0.25) is 10.0 Å². The number of esters is 1. The number of hydrogen-bond acceptors (Lipinski definition) is 6. The summed E-state index contributed by atoms with van der Waals surface area (Å²) in [7, 11) is 0. The Hall–Kier alpha value is -2.28. The monoisotopic (exact) mass is 517 g/mol. The molecule has 188 valence electrons. The van der Waals surface area contributed by atoms with Gasteiger partial charge in [-0.15, -0.1) is 0 Å². The summed E-state index contributed by atoms with van der Waals surface area (Å²) in [5, 5.41) is 1.24. The van der Waals surface area contributed by atoms with Crippen molar-refractivity contribution in [2.75, 3.05) is 44.2 Å². The van der Waals surface area contributed by atoms with Crippen molar-refractivity contribution in [2.45, 2.75) is 45.4 Å². The largest absolute Gasteiger partial charge is 0.494 e. The van der Waals surface area contributed by atoms with Gasteiger partial charge in [-0.3, -0.25) is 9.69 Å². The van der Waals surface area contributed by atoms with E-state index in [0.29, 0.717) is 35.4 Å². The van der Waals surface area contributed by atoms with Crippen molar-refractivity contribution in [3.05, 3.63) is 52.0 Å². The molecule has 1 fully saturated rings. The van der Waals surface area contributed by atoms with Gasteiger partial charge >= 0.3 is 5.97 Å². The lowest BCUT2D eigenvalue weighted by Crippen LogP contribution is -2.46. The second-order valence-corrected chi connectivity index (χ2v) is 9.76. The Morgan fingerprint density at radius 2 is 1.89 bits per heavy atom. The number of carbonyl (C=O) groups excluding carboxylic acids is 1. The van der Waals surface area contributed by atoms with Gasteiger partial charge in [-0.05, 0) is 56.0 Å². The molecule has 0 aliphatic carbocycles. The fraction of sp³-hybridized carbons (Fsp3) is 0.481. The third kappa shape index (κ3) is 7.12. The van der Waals surface area contributed by atoms with Gasteiger partial charge < -0.3 is 14.4 Å². The molecule has 4 rings (SSSR count). The molecular formula is C27H33Cl2N3O3. The first-order valence-electron chi connectivity index (χ1n) is 12.5. The van der Waals surface area contributed by atoms with Crippen molar-refractivity contribution in [3.63, 3.8) is 0 Å². The molecule has 0 bridgehead atoms. The number of unbranched alkanes of at least 4 members (excludes halogenated alkanes) is 1. The zero-order valence-corrected chi connectivity index (χ0v) is 21.8. The molecule has 8 heteroatoms. The number of hydrogen-bond donors (Lipinski definition) is 0. The van der Waals surface area contributed by atoms with Gasteiger partial charge in [0.05, 0.1) is 28.0 Å². The van der Waals surface area contributed by atoms with Crippen LogP contribution in [0.15, 0.2) is 41.4 Å². The van der Waals surface area contributed by atoms with Crippen LogP contribution in [0.4, 0.5) is 11.4 Å². The van der Waals surface area contributed by atoms with Crippen LogP contribution in [0.5, 0.6) is 5.75 Å². The Kier molecular flexibility index (Phi) is 9.30. The number of piperazine rings is 1. The number of halogens is 2. The van der Waals surface area contributed by atoms with Crippen molar-refractivity contribution in [3.8, 4) is 5.75 Å². The maximum Gasteiger partial charge on any atom is 0.312 e. The highest BCUT2D eigenvalue weighted by Gasteiger charge is 2.20. The molecule has 2 aliphatic heterocycles. The number of fused-ring (bicyclic) bond motifs is 1. The van der Waals surface area contributed by atoms with Gasteiger partial charge in [-0.1, -0.05) is 42.3 Å². The van der Waals surface area contributed by atoms with Gasteiger partial charge in [0.2, 0.25) is 0 Å². The first-order chi connectivity index (χ1) is 17.0. The van der Waals surface area contributed by atoms with Crippen molar-refractivity contribution in [1.82, 2.24) is 4.90 Å². The number of aryl methyl sites for hydroxylation is 1. The predicted molar refractivity (Wildman–Crippen MR) is 143 cm³/mol. The molecule has 0 unspecified atom stereocenters. The van der Waals surface area contributed by atoms with E-state index in [2.05, 4.69) is 20.9 Å². The van der Waals surface area contributed by atoms with Crippen LogP contribution >= 0.6 is 23.2 Å². The summed E-state index contributed by atoms with van der Waals surface area (Å²) in [6, 6.07) is 11.8. The van der Waals surface area contributed by atoms with Crippen LogP contribution in [0, 0.1) is 0 Å². The number of rotatable bonds is 9. The molecule has 0 radical (unpaired) electrons. The second-order valence-electron chi connectivity index (χ2n) is 8.98. The third-order valence-corrected chi connectivity index (χ3v) is 7.19. The average Bonchev–Trinajstić information content (AvgIpc) is 2.86. The van der Waals surface area contributed by atoms with E-state index in [0.717, 1.165) is 81.1 Å². The highest BCUT2D eigenvalue weighted by molar-refractivity contribution is 6.43. The van der Waals surface area contributed by atoms with Crippen molar-refractivity contribution in [2.24, 2.45) is 4.99 Å². The molecule has 2 aromatic carbocycles. The smallest absolute Gasteiger partial charge is 0.312 e. The Morgan fingerprint density at radius 1 is 1.06 bits per heavy atom. The Balaban J connectivity index is 1.17. The van der Waals surface area contributed by atoms with Crippen LogP contribution < -0.4 is 9.64 Å². The lowest BCUT2D eigenvalue weighted by Gasteiger charge is -2.36. The normalized spacial score (nSPS) is 16.0. The van der Waals surface area contributed by atoms with Gasteiger partial charge in [0, 0.05) is 45.1 Å². The van der Waals surface area contributed by atoms with E-state index in [-0.39, 0.29) is 5.97 Å². The third-order valence-electron chi connectivity index (χ3n) is 6.38. The lowest BCUT2D eigenvalue weighted by molar-refractivity contribution is -0.135. The molecule has 2 aromatic rings. The van der Waals surface area contributed by atoms with E-state index in [1.165, 1.54) is 0 Å².